The van der Waals surface area contributed by atoms with Gasteiger partial charge in [0.25, 0.3) is 0 Å². The Bertz CT molecular complexity index is 1420. The second-order valence-corrected chi connectivity index (χ2v) is 23.1. The van der Waals surface area contributed by atoms with Crippen molar-refractivity contribution in [3.05, 3.63) is 12.2 Å². The number of nitrogens with zero attached hydrogens (tertiary/aromatic N) is 2. The molecule has 0 radical (unpaired) electrons. The lowest BCUT2D eigenvalue weighted by Gasteiger charge is -2.73. The predicted molar refractivity (Wildman–Crippen MR) is 214 cm³/mol. The number of rotatable bonds is 12. The van der Waals surface area contributed by atoms with Gasteiger partial charge in [0, 0.05) is 38.0 Å². The van der Waals surface area contributed by atoms with Gasteiger partial charge in [-0.2, -0.15) is 4.31 Å². The number of carbonyl (C=O) groups is 1. The summed E-state index contributed by atoms with van der Waals surface area (Å²) in [7, 11) is -3.06. The van der Waals surface area contributed by atoms with Gasteiger partial charge in [-0.1, -0.05) is 79.9 Å². The van der Waals surface area contributed by atoms with Crippen LogP contribution in [0, 0.1) is 62.6 Å². The third-order valence-electron chi connectivity index (χ3n) is 17.7. The molecule has 0 aromatic heterocycles. The Labute approximate surface area is 320 Å². The number of unbranched alkanes of at least 4 members (excludes halogenated alkanes) is 3. The first-order valence-electron chi connectivity index (χ1n) is 21.8. The van der Waals surface area contributed by atoms with Crippen LogP contribution in [-0.2, 0) is 19.6 Å². The van der Waals surface area contributed by atoms with E-state index in [0.717, 1.165) is 43.8 Å². The number of allylic oxidation sites excluding steroid dienone is 1. The van der Waals surface area contributed by atoms with Crippen molar-refractivity contribution in [2.24, 2.45) is 62.6 Å². The van der Waals surface area contributed by atoms with Gasteiger partial charge in [-0.05, 0) is 148 Å². The van der Waals surface area contributed by atoms with Gasteiger partial charge in [0.15, 0.2) is 0 Å². The van der Waals surface area contributed by atoms with Crippen LogP contribution in [0.5, 0.6) is 0 Å². The summed E-state index contributed by atoms with van der Waals surface area (Å²) in [5, 5.41) is 0. The molecule has 0 spiro atoms. The molecule has 0 amide bonds. The zero-order valence-corrected chi connectivity index (χ0v) is 35.8. The van der Waals surface area contributed by atoms with Crippen molar-refractivity contribution in [3.8, 4) is 0 Å². The van der Waals surface area contributed by atoms with E-state index in [2.05, 4.69) is 66.9 Å². The topological polar surface area (TPSA) is 66.9 Å². The lowest BCUT2D eigenvalue weighted by atomic mass is 9.32. The van der Waals surface area contributed by atoms with E-state index in [9.17, 15) is 13.2 Å². The summed E-state index contributed by atoms with van der Waals surface area (Å²) in [4.78, 5) is 15.3. The van der Waals surface area contributed by atoms with Crippen LogP contribution in [0.4, 0.5) is 0 Å². The summed E-state index contributed by atoms with van der Waals surface area (Å²) in [5.41, 5.74) is 2.94. The fraction of sp³-hybridized carbons (Fsp3) is 0.933. The number of esters is 1. The number of hydrogen-bond donors (Lipinski definition) is 0. The highest BCUT2D eigenvalue weighted by atomic mass is 32.2. The van der Waals surface area contributed by atoms with E-state index in [-0.39, 0.29) is 17.5 Å². The van der Waals surface area contributed by atoms with Crippen molar-refractivity contribution in [1.29, 1.82) is 0 Å². The maximum absolute atomic E-state index is 12.9. The van der Waals surface area contributed by atoms with E-state index in [0.29, 0.717) is 58.9 Å². The normalized spacial score (nSPS) is 42.2. The van der Waals surface area contributed by atoms with Gasteiger partial charge in [-0.25, -0.2) is 8.42 Å². The summed E-state index contributed by atoms with van der Waals surface area (Å²) in [5.74, 6) is 3.92. The maximum Gasteiger partial charge on any atom is 0.306 e. The van der Waals surface area contributed by atoms with E-state index < -0.39 is 10.0 Å². The first kappa shape index (κ1) is 40.7. The molecular weight excluding hydrogens is 665 g/mol. The molecule has 7 heteroatoms. The average Bonchev–Trinajstić information content (AvgIpc) is 3.44. The lowest BCUT2D eigenvalue weighted by Crippen LogP contribution is -2.66. The summed E-state index contributed by atoms with van der Waals surface area (Å²) < 4.78 is 31.7. The Morgan fingerprint density at radius 1 is 0.808 bits per heavy atom. The summed E-state index contributed by atoms with van der Waals surface area (Å²) in [6, 6.07) is 0. The molecule has 6 rings (SSSR count). The molecule has 52 heavy (non-hydrogen) atoms. The molecule has 10 atom stereocenters. The molecular formula is C45H78N2O4S. The van der Waals surface area contributed by atoms with Crippen molar-refractivity contribution in [2.45, 2.75) is 164 Å². The molecule has 0 aromatic rings. The fourth-order valence-electron chi connectivity index (χ4n) is 14.9. The smallest absolute Gasteiger partial charge is 0.306 e. The minimum atomic E-state index is -3.06. The van der Waals surface area contributed by atoms with Crippen LogP contribution in [0.3, 0.4) is 0 Å². The van der Waals surface area contributed by atoms with Crippen LogP contribution < -0.4 is 0 Å². The molecule has 0 aromatic carbocycles. The van der Waals surface area contributed by atoms with Crippen molar-refractivity contribution >= 4 is 16.0 Å². The average molecular weight is 743 g/mol. The molecule has 298 valence electrons. The van der Waals surface area contributed by atoms with E-state index >= 15 is 0 Å². The number of ether oxygens (including phenoxy) is 1. The molecule has 1 saturated heterocycles. The third kappa shape index (κ3) is 7.14. The Kier molecular flexibility index (Phi) is 11.6. The van der Waals surface area contributed by atoms with Gasteiger partial charge in [-0.3, -0.25) is 4.79 Å². The van der Waals surface area contributed by atoms with Gasteiger partial charge >= 0.3 is 5.97 Å². The fourth-order valence-corrected chi connectivity index (χ4v) is 15.7. The van der Waals surface area contributed by atoms with Crippen LogP contribution in [0.2, 0.25) is 0 Å². The molecule has 5 aliphatic carbocycles. The Morgan fingerprint density at radius 2 is 1.50 bits per heavy atom. The van der Waals surface area contributed by atoms with Crippen LogP contribution in [0.15, 0.2) is 12.2 Å². The largest absolute Gasteiger partial charge is 0.462 e. The van der Waals surface area contributed by atoms with Gasteiger partial charge < -0.3 is 9.64 Å². The maximum atomic E-state index is 12.9. The molecule has 6 fully saturated rings. The standard InChI is InChI=1S/C45H78N2O4S/c1-32(2)31-39(48)51-38-19-21-42(7)36(41(38,5)6)18-22-44(9)37(42)16-15-35-40-34(33(3)4)17-23-45(40,25-24-43(35,44)8)20-13-11-12-14-26-46-27-29-47(30-28-46)52(10,49)50/h32,34-38,40H,3,11-31H2,1-2,4-10H3/t34-,35+,36-,37+,38-,40+,42-,43+,44+,45+/m0/s1. The molecule has 0 bridgehead atoms. The molecule has 0 unspecified atom stereocenters. The Hall–Kier alpha value is -0.920. The van der Waals surface area contributed by atoms with Crippen LogP contribution in [0.1, 0.15) is 158 Å². The van der Waals surface area contributed by atoms with Crippen molar-refractivity contribution < 1.29 is 17.9 Å². The minimum absolute atomic E-state index is 0.00177. The Morgan fingerprint density at radius 3 is 2.15 bits per heavy atom. The molecule has 5 saturated carbocycles. The first-order chi connectivity index (χ1) is 24.3. The highest BCUT2D eigenvalue weighted by molar-refractivity contribution is 7.88. The van der Waals surface area contributed by atoms with Crippen LogP contribution in [-0.4, -0.2) is 68.7 Å². The molecule has 6 nitrogen and oxygen atoms in total. The number of fused-ring (bicyclic) bond motifs is 7. The van der Waals surface area contributed by atoms with Crippen LogP contribution in [0.25, 0.3) is 0 Å². The van der Waals surface area contributed by atoms with Gasteiger partial charge in [-0.15, -0.1) is 0 Å². The first-order valence-corrected chi connectivity index (χ1v) is 23.7. The number of sulfonamides is 1. The second-order valence-electron chi connectivity index (χ2n) is 21.2. The SMILES string of the molecule is C=C(C)[C@@H]1CC[C@]2(CCCCCCN3CCN(S(C)(=O)=O)CC3)CC[C@]3(C)[C@H](CC[C@@H]4[C@@]5(C)CC[C@H](OC(=O)CC(C)C)C(C)(C)[C@@H]5CC[C@]43C)[C@@H]12. The van der Waals surface area contributed by atoms with Gasteiger partial charge in [0.05, 0.1) is 6.26 Å². The highest BCUT2D eigenvalue weighted by Gasteiger charge is 2.71. The molecule has 1 aliphatic heterocycles. The lowest BCUT2D eigenvalue weighted by molar-refractivity contribution is -0.250. The summed E-state index contributed by atoms with van der Waals surface area (Å²) in [6.07, 6.45) is 21.6. The van der Waals surface area contributed by atoms with Gasteiger partial charge in [0.2, 0.25) is 10.0 Å². The molecule has 1 heterocycles. The number of piperazine rings is 1. The van der Waals surface area contributed by atoms with Crippen molar-refractivity contribution in [3.63, 3.8) is 0 Å². The van der Waals surface area contributed by atoms with Gasteiger partial charge in [0.1, 0.15) is 6.10 Å². The predicted octanol–water partition coefficient (Wildman–Crippen LogP) is 10.1. The van der Waals surface area contributed by atoms with E-state index in [1.54, 1.807) is 4.31 Å². The second kappa shape index (κ2) is 14.9. The zero-order chi connectivity index (χ0) is 37.9. The van der Waals surface area contributed by atoms with E-state index in [4.69, 9.17) is 4.74 Å². The summed E-state index contributed by atoms with van der Waals surface area (Å²) >= 11 is 0. The number of hydrogen-bond acceptors (Lipinski definition) is 5. The van der Waals surface area contributed by atoms with Crippen molar-refractivity contribution in [1.82, 2.24) is 9.21 Å². The molecule has 0 N–H and O–H groups in total. The summed E-state index contributed by atoms with van der Waals surface area (Å²) in [6.45, 7) is 28.4. The highest BCUT2D eigenvalue weighted by Crippen LogP contribution is 2.78. The Balaban J connectivity index is 1.11. The van der Waals surface area contributed by atoms with E-state index in [1.807, 2.05) is 0 Å². The van der Waals surface area contributed by atoms with E-state index in [1.165, 1.54) is 102 Å². The third-order valence-corrected chi connectivity index (χ3v) is 19.0. The number of carbonyl (C=O) groups excluding carboxylic acids is 1. The van der Waals surface area contributed by atoms with Crippen LogP contribution >= 0.6 is 0 Å². The minimum Gasteiger partial charge on any atom is -0.462 e. The quantitative estimate of drug-likeness (QED) is 0.113. The van der Waals surface area contributed by atoms with Crippen molar-refractivity contribution in [2.75, 3.05) is 39.0 Å². The molecule has 6 aliphatic rings. The zero-order valence-electron chi connectivity index (χ0n) is 35.0. The monoisotopic (exact) mass is 743 g/mol.